The van der Waals surface area contributed by atoms with Gasteiger partial charge in [-0.05, 0) is 40.1 Å². The van der Waals surface area contributed by atoms with E-state index >= 15 is 0 Å². The maximum atomic E-state index is 9.27. The van der Waals surface area contributed by atoms with Crippen LogP contribution in [0.4, 0.5) is 0 Å². The van der Waals surface area contributed by atoms with E-state index in [2.05, 4.69) is 35.2 Å². The number of aromatic nitrogens is 4. The number of phenolic OH excluding ortho intramolecular Hbond substituents is 1. The molecule has 7 heteroatoms. The van der Waals surface area contributed by atoms with Crippen molar-refractivity contribution in [2.24, 2.45) is 0 Å². The summed E-state index contributed by atoms with van der Waals surface area (Å²) in [6.45, 7) is 6.94. The Morgan fingerprint density at radius 2 is 1.89 bits per heavy atom. The molecule has 0 spiro atoms. The minimum absolute atomic E-state index is 0.239. The zero-order chi connectivity index (χ0) is 13.2. The number of phenols is 1. The standard InChI is InChI=1S/C11H16N4OSSi/c1-18(2,3)8-17-11-12-13-14-15(11)9-4-6-10(16)7-5-9/h4-7,16H,8H2,1-3H3. The molecule has 0 aliphatic rings. The van der Waals surface area contributed by atoms with Gasteiger partial charge >= 0.3 is 0 Å². The molecule has 1 aromatic carbocycles. The fourth-order valence-electron chi connectivity index (χ4n) is 1.31. The van der Waals surface area contributed by atoms with E-state index in [1.807, 2.05) is 0 Å². The van der Waals surface area contributed by atoms with E-state index in [0.717, 1.165) is 16.2 Å². The minimum Gasteiger partial charge on any atom is -0.508 e. The van der Waals surface area contributed by atoms with Crippen molar-refractivity contribution in [2.75, 3.05) is 5.38 Å². The van der Waals surface area contributed by atoms with Gasteiger partial charge in [-0.25, -0.2) is 0 Å². The molecule has 2 aromatic rings. The van der Waals surface area contributed by atoms with Gasteiger partial charge in [-0.3, -0.25) is 0 Å². The Balaban J connectivity index is 2.20. The van der Waals surface area contributed by atoms with Crippen LogP contribution in [0.1, 0.15) is 0 Å². The molecule has 1 N–H and O–H groups in total. The Kier molecular flexibility index (Phi) is 3.72. The van der Waals surface area contributed by atoms with Crippen LogP contribution in [0.2, 0.25) is 19.6 Å². The highest BCUT2D eigenvalue weighted by Gasteiger charge is 2.16. The lowest BCUT2D eigenvalue weighted by Gasteiger charge is -2.14. The first-order chi connectivity index (χ1) is 8.46. The van der Waals surface area contributed by atoms with Crippen molar-refractivity contribution < 1.29 is 5.11 Å². The molecule has 0 fully saturated rings. The van der Waals surface area contributed by atoms with E-state index in [1.54, 1.807) is 40.7 Å². The maximum absolute atomic E-state index is 9.27. The fraction of sp³-hybridized carbons (Fsp3) is 0.364. The zero-order valence-corrected chi connectivity index (χ0v) is 12.5. The first-order valence-corrected chi connectivity index (χ1v) is 10.4. The summed E-state index contributed by atoms with van der Waals surface area (Å²) in [5.41, 5.74) is 0.857. The number of benzene rings is 1. The smallest absolute Gasteiger partial charge is 0.213 e. The highest BCUT2D eigenvalue weighted by Crippen LogP contribution is 2.22. The topological polar surface area (TPSA) is 63.8 Å². The van der Waals surface area contributed by atoms with Crippen LogP contribution >= 0.6 is 11.8 Å². The van der Waals surface area contributed by atoms with Gasteiger partial charge in [0.25, 0.3) is 0 Å². The lowest BCUT2D eigenvalue weighted by molar-refractivity contribution is 0.475. The second-order valence-corrected chi connectivity index (χ2v) is 12.2. The van der Waals surface area contributed by atoms with E-state index in [9.17, 15) is 5.11 Å². The van der Waals surface area contributed by atoms with Crippen LogP contribution in [-0.2, 0) is 0 Å². The van der Waals surface area contributed by atoms with Crippen molar-refractivity contribution in [1.29, 1.82) is 0 Å². The third-order valence-corrected chi connectivity index (χ3v) is 6.72. The molecule has 0 aliphatic heterocycles. The molecule has 18 heavy (non-hydrogen) atoms. The van der Waals surface area contributed by atoms with Crippen LogP contribution in [0, 0.1) is 0 Å². The largest absolute Gasteiger partial charge is 0.508 e. The molecule has 1 heterocycles. The van der Waals surface area contributed by atoms with Gasteiger partial charge in [0.15, 0.2) is 0 Å². The van der Waals surface area contributed by atoms with E-state index < -0.39 is 8.07 Å². The normalized spacial score (nSPS) is 11.7. The summed E-state index contributed by atoms with van der Waals surface area (Å²) >= 11 is 1.69. The van der Waals surface area contributed by atoms with Crippen molar-refractivity contribution in [2.45, 2.75) is 24.8 Å². The number of hydrogen-bond donors (Lipinski definition) is 1. The van der Waals surface area contributed by atoms with Crippen LogP contribution in [0.25, 0.3) is 5.69 Å². The summed E-state index contributed by atoms with van der Waals surface area (Å²) in [6.07, 6.45) is 0. The van der Waals surface area contributed by atoms with Crippen molar-refractivity contribution in [3.63, 3.8) is 0 Å². The SMILES string of the molecule is C[Si](C)(C)CSc1nnnn1-c1ccc(O)cc1. The molecule has 2 rings (SSSR count). The molecule has 0 aliphatic carbocycles. The quantitative estimate of drug-likeness (QED) is 0.688. The molecule has 0 bridgehead atoms. The van der Waals surface area contributed by atoms with Crippen molar-refractivity contribution in [3.8, 4) is 11.4 Å². The summed E-state index contributed by atoms with van der Waals surface area (Å²) in [5.74, 6) is 0.239. The number of nitrogens with zero attached hydrogens (tertiary/aromatic N) is 4. The first kappa shape index (κ1) is 13.1. The third-order valence-electron chi connectivity index (χ3n) is 2.17. The first-order valence-electron chi connectivity index (χ1n) is 5.66. The second-order valence-electron chi connectivity index (χ2n) is 5.24. The summed E-state index contributed by atoms with van der Waals surface area (Å²) in [5, 5.41) is 22.9. The van der Waals surface area contributed by atoms with Crippen LogP contribution in [0.5, 0.6) is 5.75 Å². The lowest BCUT2D eigenvalue weighted by atomic mass is 10.3. The zero-order valence-electron chi connectivity index (χ0n) is 10.7. The summed E-state index contributed by atoms with van der Waals surface area (Å²) in [4.78, 5) is 0. The Hall–Kier alpha value is -1.34. The van der Waals surface area contributed by atoms with Crippen LogP contribution < -0.4 is 0 Å². The Morgan fingerprint density at radius 1 is 1.22 bits per heavy atom. The Bertz CT molecular complexity index is 521. The molecule has 0 unspecified atom stereocenters. The molecule has 0 amide bonds. The average molecular weight is 280 g/mol. The van der Waals surface area contributed by atoms with Gasteiger partial charge in [0.2, 0.25) is 5.16 Å². The van der Waals surface area contributed by atoms with Crippen LogP contribution in [-0.4, -0.2) is 38.8 Å². The lowest BCUT2D eigenvalue weighted by Crippen LogP contribution is -2.24. The van der Waals surface area contributed by atoms with Gasteiger partial charge < -0.3 is 5.11 Å². The van der Waals surface area contributed by atoms with Gasteiger partial charge in [-0.1, -0.05) is 31.4 Å². The molecule has 0 atom stereocenters. The van der Waals surface area contributed by atoms with Crippen LogP contribution in [0.3, 0.4) is 0 Å². The Labute approximate surface area is 111 Å². The third kappa shape index (κ3) is 3.33. The van der Waals surface area contributed by atoms with Crippen molar-refractivity contribution in [1.82, 2.24) is 20.2 Å². The van der Waals surface area contributed by atoms with E-state index in [-0.39, 0.29) is 5.75 Å². The molecule has 0 saturated heterocycles. The molecule has 5 nitrogen and oxygen atoms in total. The second kappa shape index (κ2) is 5.11. The monoisotopic (exact) mass is 280 g/mol. The summed E-state index contributed by atoms with van der Waals surface area (Å²) in [6, 6.07) is 6.85. The van der Waals surface area contributed by atoms with Crippen LogP contribution in [0.15, 0.2) is 29.4 Å². The Morgan fingerprint density at radius 3 is 2.50 bits per heavy atom. The highest BCUT2D eigenvalue weighted by molar-refractivity contribution is 8.00. The fourth-order valence-corrected chi connectivity index (χ4v) is 3.91. The molecule has 0 saturated carbocycles. The number of aromatic hydroxyl groups is 1. The number of tetrazole rings is 1. The maximum Gasteiger partial charge on any atom is 0.213 e. The van der Waals surface area contributed by atoms with Gasteiger partial charge in [0, 0.05) is 0 Å². The highest BCUT2D eigenvalue weighted by atomic mass is 32.2. The molecular formula is C11H16N4OSSi. The predicted octanol–water partition coefficient (Wildman–Crippen LogP) is 2.34. The number of thioether (sulfide) groups is 1. The molecule has 96 valence electrons. The van der Waals surface area contributed by atoms with Gasteiger partial charge in [0.05, 0.1) is 13.8 Å². The van der Waals surface area contributed by atoms with E-state index in [0.29, 0.717) is 0 Å². The van der Waals surface area contributed by atoms with Gasteiger partial charge in [-0.15, -0.1) is 5.10 Å². The van der Waals surface area contributed by atoms with Gasteiger partial charge in [-0.2, -0.15) is 4.68 Å². The number of hydrogen-bond acceptors (Lipinski definition) is 5. The van der Waals surface area contributed by atoms with E-state index in [4.69, 9.17) is 0 Å². The average Bonchev–Trinajstić information content (AvgIpc) is 2.75. The van der Waals surface area contributed by atoms with Gasteiger partial charge in [0.1, 0.15) is 5.75 Å². The predicted molar refractivity (Wildman–Crippen MR) is 74.9 cm³/mol. The van der Waals surface area contributed by atoms with Crippen molar-refractivity contribution >= 4 is 19.8 Å². The minimum atomic E-state index is -1.13. The molecule has 1 aromatic heterocycles. The van der Waals surface area contributed by atoms with Crippen molar-refractivity contribution in [3.05, 3.63) is 24.3 Å². The van der Waals surface area contributed by atoms with E-state index in [1.165, 1.54) is 0 Å². The summed E-state index contributed by atoms with van der Waals surface area (Å²) in [7, 11) is -1.13. The number of rotatable bonds is 4. The summed E-state index contributed by atoms with van der Waals surface area (Å²) < 4.78 is 1.70. The molecule has 0 radical (unpaired) electrons. The molecular weight excluding hydrogens is 264 g/mol.